The van der Waals surface area contributed by atoms with E-state index in [2.05, 4.69) is 80.3 Å². The van der Waals surface area contributed by atoms with Gasteiger partial charge in [0.2, 0.25) is 0 Å². The Morgan fingerprint density at radius 3 is 2.37 bits per heavy atom. The van der Waals surface area contributed by atoms with Gasteiger partial charge in [0.15, 0.2) is 5.96 Å². The largest absolute Gasteiger partial charge is 0.356 e. The van der Waals surface area contributed by atoms with Crippen LogP contribution in [0.15, 0.2) is 78.0 Å². The molecule has 0 spiro atoms. The van der Waals surface area contributed by atoms with Gasteiger partial charge in [0.25, 0.3) is 0 Å². The molecule has 1 heterocycles. The first-order valence-corrected chi connectivity index (χ1v) is 9.26. The van der Waals surface area contributed by atoms with E-state index in [1.807, 2.05) is 31.6 Å². The average molecular weight is 361 g/mol. The standard InChI is InChI=1S/C22H27N5/c1-23-22(26(2)17-19-9-5-3-6-10-19)25-14-13-21-24-15-16-27(21)18-20-11-7-4-8-12-20/h3-12,15-16H,13-14,17-18H2,1-2H3,(H,23,25). The van der Waals surface area contributed by atoms with Crippen molar-refractivity contribution in [1.29, 1.82) is 0 Å². The molecule has 140 valence electrons. The Morgan fingerprint density at radius 2 is 1.70 bits per heavy atom. The average Bonchev–Trinajstić information content (AvgIpc) is 3.13. The van der Waals surface area contributed by atoms with Gasteiger partial charge in [-0.1, -0.05) is 60.7 Å². The van der Waals surface area contributed by atoms with Crippen molar-refractivity contribution in [2.75, 3.05) is 20.6 Å². The first kappa shape index (κ1) is 18.7. The first-order valence-electron chi connectivity index (χ1n) is 9.26. The molecule has 0 amide bonds. The van der Waals surface area contributed by atoms with Crippen molar-refractivity contribution in [2.24, 2.45) is 4.99 Å². The Kier molecular flexibility index (Phi) is 6.63. The van der Waals surface area contributed by atoms with E-state index >= 15 is 0 Å². The minimum Gasteiger partial charge on any atom is -0.356 e. The molecule has 0 saturated carbocycles. The van der Waals surface area contributed by atoms with Crippen LogP contribution in [-0.4, -0.2) is 41.1 Å². The monoisotopic (exact) mass is 361 g/mol. The number of hydrogen-bond donors (Lipinski definition) is 1. The third-order valence-electron chi connectivity index (χ3n) is 4.47. The number of rotatable bonds is 7. The van der Waals surface area contributed by atoms with Crippen molar-refractivity contribution in [1.82, 2.24) is 19.8 Å². The fourth-order valence-electron chi connectivity index (χ4n) is 3.10. The molecular weight excluding hydrogens is 334 g/mol. The van der Waals surface area contributed by atoms with E-state index in [0.717, 1.165) is 37.8 Å². The molecule has 1 aromatic heterocycles. The maximum atomic E-state index is 4.52. The second-order valence-electron chi connectivity index (χ2n) is 6.52. The van der Waals surface area contributed by atoms with Crippen molar-refractivity contribution in [2.45, 2.75) is 19.5 Å². The molecular formula is C22H27N5. The van der Waals surface area contributed by atoms with Crippen LogP contribution in [0.4, 0.5) is 0 Å². The molecule has 5 heteroatoms. The minimum atomic E-state index is 0.789. The summed E-state index contributed by atoms with van der Waals surface area (Å²) < 4.78 is 2.20. The lowest BCUT2D eigenvalue weighted by molar-refractivity contribution is 0.476. The smallest absolute Gasteiger partial charge is 0.193 e. The molecule has 0 bridgehead atoms. The van der Waals surface area contributed by atoms with Gasteiger partial charge in [-0.15, -0.1) is 0 Å². The summed E-state index contributed by atoms with van der Waals surface area (Å²) in [5, 5.41) is 3.44. The second kappa shape index (κ2) is 9.57. The van der Waals surface area contributed by atoms with Gasteiger partial charge in [-0.3, -0.25) is 4.99 Å². The highest BCUT2D eigenvalue weighted by Crippen LogP contribution is 2.06. The highest BCUT2D eigenvalue weighted by Gasteiger charge is 2.08. The normalized spacial score (nSPS) is 11.4. The molecule has 0 saturated heterocycles. The van der Waals surface area contributed by atoms with Gasteiger partial charge in [-0.2, -0.15) is 0 Å². The molecule has 3 aromatic rings. The summed E-state index contributed by atoms with van der Waals surface area (Å²) in [6.45, 7) is 2.46. The van der Waals surface area contributed by atoms with Crippen molar-refractivity contribution in [3.8, 4) is 0 Å². The molecule has 0 aliphatic heterocycles. The Labute approximate surface area is 161 Å². The number of nitrogens with one attached hydrogen (secondary N) is 1. The predicted molar refractivity (Wildman–Crippen MR) is 111 cm³/mol. The van der Waals surface area contributed by atoms with Crippen LogP contribution >= 0.6 is 0 Å². The summed E-state index contributed by atoms with van der Waals surface area (Å²) in [6, 6.07) is 20.9. The van der Waals surface area contributed by atoms with Gasteiger partial charge in [0, 0.05) is 52.5 Å². The Hall–Kier alpha value is -3.08. The molecule has 3 rings (SSSR count). The molecule has 0 fully saturated rings. The molecule has 27 heavy (non-hydrogen) atoms. The summed E-state index contributed by atoms with van der Waals surface area (Å²) in [5.74, 6) is 1.97. The van der Waals surface area contributed by atoms with E-state index in [1.165, 1.54) is 11.1 Å². The molecule has 0 unspecified atom stereocenters. The summed E-state index contributed by atoms with van der Waals surface area (Å²) in [6.07, 6.45) is 4.76. The summed E-state index contributed by atoms with van der Waals surface area (Å²) in [4.78, 5) is 11.0. The van der Waals surface area contributed by atoms with E-state index in [9.17, 15) is 0 Å². The van der Waals surface area contributed by atoms with E-state index < -0.39 is 0 Å². The topological polar surface area (TPSA) is 45.5 Å². The lowest BCUT2D eigenvalue weighted by Crippen LogP contribution is -2.39. The molecule has 0 aliphatic carbocycles. The van der Waals surface area contributed by atoms with Crippen molar-refractivity contribution in [3.05, 3.63) is 90.0 Å². The Balaban J connectivity index is 1.52. The SMILES string of the molecule is CN=C(NCCc1nccn1Cc1ccccc1)N(C)Cc1ccccc1. The summed E-state index contributed by atoms with van der Waals surface area (Å²) in [7, 11) is 3.87. The fraction of sp³-hybridized carbons (Fsp3) is 0.273. The van der Waals surface area contributed by atoms with Crippen LogP contribution < -0.4 is 5.32 Å². The summed E-state index contributed by atoms with van der Waals surface area (Å²) >= 11 is 0. The summed E-state index contributed by atoms with van der Waals surface area (Å²) in [5.41, 5.74) is 2.55. The lowest BCUT2D eigenvalue weighted by atomic mass is 10.2. The van der Waals surface area contributed by atoms with Crippen LogP contribution in [0.25, 0.3) is 0 Å². The third-order valence-corrected chi connectivity index (χ3v) is 4.47. The molecule has 5 nitrogen and oxygen atoms in total. The number of aliphatic imine (C=N–C) groups is 1. The van der Waals surface area contributed by atoms with Crippen molar-refractivity contribution >= 4 is 5.96 Å². The molecule has 2 aromatic carbocycles. The molecule has 0 atom stereocenters. The van der Waals surface area contributed by atoms with Crippen molar-refractivity contribution < 1.29 is 0 Å². The third kappa shape index (κ3) is 5.45. The van der Waals surface area contributed by atoms with E-state index in [-0.39, 0.29) is 0 Å². The quantitative estimate of drug-likeness (QED) is 0.519. The van der Waals surface area contributed by atoms with Gasteiger partial charge in [-0.05, 0) is 11.1 Å². The molecule has 0 aliphatic rings. The number of guanidine groups is 1. The highest BCUT2D eigenvalue weighted by atomic mass is 15.3. The molecule has 0 radical (unpaired) electrons. The van der Waals surface area contributed by atoms with Gasteiger partial charge in [0.1, 0.15) is 5.82 Å². The van der Waals surface area contributed by atoms with Crippen LogP contribution in [0, 0.1) is 0 Å². The van der Waals surface area contributed by atoms with Crippen molar-refractivity contribution in [3.63, 3.8) is 0 Å². The maximum absolute atomic E-state index is 4.52. The van der Waals surface area contributed by atoms with E-state index in [4.69, 9.17) is 0 Å². The predicted octanol–water partition coefficient (Wildman–Crippen LogP) is 3.18. The lowest BCUT2D eigenvalue weighted by Gasteiger charge is -2.22. The van der Waals surface area contributed by atoms with Gasteiger partial charge in [-0.25, -0.2) is 4.98 Å². The van der Waals surface area contributed by atoms with Crippen LogP contribution in [0.5, 0.6) is 0 Å². The number of benzene rings is 2. The zero-order valence-corrected chi connectivity index (χ0v) is 16.0. The Morgan fingerprint density at radius 1 is 1.04 bits per heavy atom. The van der Waals surface area contributed by atoms with Gasteiger partial charge < -0.3 is 14.8 Å². The second-order valence-corrected chi connectivity index (χ2v) is 6.52. The highest BCUT2D eigenvalue weighted by molar-refractivity contribution is 5.79. The number of hydrogen-bond acceptors (Lipinski definition) is 2. The Bertz CT molecular complexity index is 839. The number of imidazole rings is 1. The van der Waals surface area contributed by atoms with E-state index in [1.54, 1.807) is 0 Å². The minimum absolute atomic E-state index is 0.789. The zero-order chi connectivity index (χ0) is 18.9. The van der Waals surface area contributed by atoms with Crippen LogP contribution in [0.1, 0.15) is 17.0 Å². The van der Waals surface area contributed by atoms with Crippen LogP contribution in [0.3, 0.4) is 0 Å². The first-order chi connectivity index (χ1) is 13.3. The number of aromatic nitrogens is 2. The van der Waals surface area contributed by atoms with Gasteiger partial charge in [0.05, 0.1) is 0 Å². The van der Waals surface area contributed by atoms with Crippen LogP contribution in [-0.2, 0) is 19.5 Å². The zero-order valence-electron chi connectivity index (χ0n) is 16.0. The van der Waals surface area contributed by atoms with Gasteiger partial charge >= 0.3 is 0 Å². The number of nitrogens with zero attached hydrogens (tertiary/aromatic N) is 4. The van der Waals surface area contributed by atoms with Crippen LogP contribution in [0.2, 0.25) is 0 Å². The maximum Gasteiger partial charge on any atom is 0.193 e. The molecule has 1 N–H and O–H groups in total. The fourth-order valence-corrected chi connectivity index (χ4v) is 3.10. The van der Waals surface area contributed by atoms with E-state index in [0.29, 0.717) is 0 Å².